The van der Waals surface area contributed by atoms with E-state index < -0.39 is 0 Å². The lowest BCUT2D eigenvalue weighted by atomic mass is 9.97. The normalized spacial score (nSPS) is 14.2. The molecule has 0 amide bonds. The number of rotatable bonds is 4. The van der Waals surface area contributed by atoms with Gasteiger partial charge in [0.1, 0.15) is 0 Å². The minimum Gasteiger partial charge on any atom is -0.367 e. The molecule has 0 aliphatic carbocycles. The summed E-state index contributed by atoms with van der Waals surface area (Å²) in [6.07, 6.45) is 3.41. The molecule has 1 aliphatic rings. The van der Waals surface area contributed by atoms with Crippen LogP contribution >= 0.6 is 0 Å². The van der Waals surface area contributed by atoms with E-state index in [9.17, 15) is 0 Å². The summed E-state index contributed by atoms with van der Waals surface area (Å²) in [5.74, 6) is 0. The van der Waals surface area contributed by atoms with Crippen molar-refractivity contribution in [1.82, 2.24) is 0 Å². The molecule has 0 radical (unpaired) electrons. The summed E-state index contributed by atoms with van der Waals surface area (Å²) in [5, 5.41) is 0. The fourth-order valence-corrected chi connectivity index (χ4v) is 3.02. The molecule has 20 heavy (non-hydrogen) atoms. The van der Waals surface area contributed by atoms with Gasteiger partial charge >= 0.3 is 0 Å². The number of benzene rings is 2. The van der Waals surface area contributed by atoms with Crippen molar-refractivity contribution in [2.75, 3.05) is 18.0 Å². The largest absolute Gasteiger partial charge is 0.367 e. The highest BCUT2D eigenvalue weighted by molar-refractivity contribution is 5.57. The Morgan fingerprint density at radius 2 is 1.85 bits per heavy atom. The molecule has 3 rings (SSSR count). The monoisotopic (exact) mass is 266 g/mol. The molecule has 1 aliphatic heterocycles. The summed E-state index contributed by atoms with van der Waals surface area (Å²) in [6, 6.07) is 17.6. The lowest BCUT2D eigenvalue weighted by Crippen LogP contribution is -2.28. The van der Waals surface area contributed by atoms with E-state index in [0.717, 1.165) is 26.1 Å². The standard InChI is InChI=1S/C18H22N2/c19-11-10-15-8-9-18-17(13-15)7-4-12-20(18)14-16-5-2-1-3-6-16/h1-3,5-6,8-9,13H,4,7,10-12,14,19H2. The quantitative estimate of drug-likeness (QED) is 0.921. The molecule has 0 saturated heterocycles. The fourth-order valence-electron chi connectivity index (χ4n) is 3.02. The zero-order chi connectivity index (χ0) is 13.8. The minimum atomic E-state index is 0.729. The van der Waals surface area contributed by atoms with E-state index in [0.29, 0.717) is 0 Å². The van der Waals surface area contributed by atoms with Gasteiger partial charge in [-0.1, -0.05) is 42.5 Å². The van der Waals surface area contributed by atoms with Crippen molar-refractivity contribution in [3.05, 3.63) is 65.2 Å². The van der Waals surface area contributed by atoms with Crippen molar-refractivity contribution in [3.8, 4) is 0 Å². The number of fused-ring (bicyclic) bond motifs is 1. The third-order valence-corrected chi connectivity index (χ3v) is 4.01. The highest BCUT2D eigenvalue weighted by Gasteiger charge is 2.17. The maximum Gasteiger partial charge on any atom is 0.0429 e. The van der Waals surface area contributed by atoms with E-state index in [1.165, 1.54) is 35.2 Å². The maximum absolute atomic E-state index is 5.66. The Morgan fingerprint density at radius 3 is 2.65 bits per heavy atom. The molecule has 2 N–H and O–H groups in total. The van der Waals surface area contributed by atoms with Crippen LogP contribution in [0.25, 0.3) is 0 Å². The summed E-state index contributed by atoms with van der Waals surface area (Å²) in [4.78, 5) is 2.50. The highest BCUT2D eigenvalue weighted by atomic mass is 15.1. The lowest BCUT2D eigenvalue weighted by Gasteiger charge is -2.31. The highest BCUT2D eigenvalue weighted by Crippen LogP contribution is 2.29. The number of anilines is 1. The summed E-state index contributed by atoms with van der Waals surface area (Å²) >= 11 is 0. The molecule has 2 aromatic carbocycles. The fraction of sp³-hybridized carbons (Fsp3) is 0.333. The van der Waals surface area contributed by atoms with Crippen molar-refractivity contribution < 1.29 is 0 Å². The maximum atomic E-state index is 5.66. The van der Waals surface area contributed by atoms with Crippen LogP contribution < -0.4 is 10.6 Å². The first-order valence-corrected chi connectivity index (χ1v) is 7.47. The minimum absolute atomic E-state index is 0.729. The van der Waals surface area contributed by atoms with Gasteiger partial charge in [-0.3, -0.25) is 0 Å². The first-order valence-electron chi connectivity index (χ1n) is 7.47. The van der Waals surface area contributed by atoms with Gasteiger partial charge in [-0.05, 0) is 48.6 Å². The second kappa shape index (κ2) is 6.10. The van der Waals surface area contributed by atoms with Crippen LogP contribution in [0, 0.1) is 0 Å². The first kappa shape index (κ1) is 13.2. The van der Waals surface area contributed by atoms with E-state index in [1.54, 1.807) is 0 Å². The molecule has 0 aromatic heterocycles. The third-order valence-electron chi connectivity index (χ3n) is 4.01. The number of hydrogen-bond donors (Lipinski definition) is 1. The molecule has 1 heterocycles. The Kier molecular flexibility index (Phi) is 4.03. The van der Waals surface area contributed by atoms with Gasteiger partial charge in [0, 0.05) is 18.8 Å². The Morgan fingerprint density at radius 1 is 1.00 bits per heavy atom. The van der Waals surface area contributed by atoms with E-state index in [4.69, 9.17) is 5.73 Å². The van der Waals surface area contributed by atoms with Crippen molar-refractivity contribution in [1.29, 1.82) is 0 Å². The SMILES string of the molecule is NCCc1ccc2c(c1)CCCN2Cc1ccccc1. The predicted molar refractivity (Wildman–Crippen MR) is 85.0 cm³/mol. The Balaban J connectivity index is 1.83. The topological polar surface area (TPSA) is 29.3 Å². The lowest BCUT2D eigenvalue weighted by molar-refractivity contribution is 0.690. The summed E-state index contributed by atoms with van der Waals surface area (Å²) in [7, 11) is 0. The van der Waals surface area contributed by atoms with E-state index in [1.807, 2.05) is 0 Å². The summed E-state index contributed by atoms with van der Waals surface area (Å²) in [6.45, 7) is 2.88. The van der Waals surface area contributed by atoms with Gasteiger partial charge < -0.3 is 10.6 Å². The van der Waals surface area contributed by atoms with E-state index in [2.05, 4.69) is 53.4 Å². The molecule has 0 fully saturated rings. The molecule has 0 saturated carbocycles. The van der Waals surface area contributed by atoms with Gasteiger partial charge in [-0.25, -0.2) is 0 Å². The number of nitrogens with zero attached hydrogens (tertiary/aromatic N) is 1. The first-order chi connectivity index (χ1) is 9.86. The van der Waals surface area contributed by atoms with Crippen molar-refractivity contribution >= 4 is 5.69 Å². The van der Waals surface area contributed by atoms with Crippen LogP contribution in [0.2, 0.25) is 0 Å². The molecule has 104 valence electrons. The number of hydrogen-bond acceptors (Lipinski definition) is 2. The average Bonchev–Trinajstić information content (AvgIpc) is 2.49. The van der Waals surface area contributed by atoms with Gasteiger partial charge in [0.2, 0.25) is 0 Å². The predicted octanol–water partition coefficient (Wildman–Crippen LogP) is 3.14. The molecule has 0 atom stereocenters. The molecule has 0 unspecified atom stereocenters. The van der Waals surface area contributed by atoms with Gasteiger partial charge in [0.15, 0.2) is 0 Å². The van der Waals surface area contributed by atoms with Gasteiger partial charge in [-0.2, -0.15) is 0 Å². The zero-order valence-corrected chi connectivity index (χ0v) is 11.9. The van der Waals surface area contributed by atoms with E-state index in [-0.39, 0.29) is 0 Å². The Hall–Kier alpha value is -1.80. The smallest absolute Gasteiger partial charge is 0.0429 e. The van der Waals surface area contributed by atoms with Crippen molar-refractivity contribution in [2.45, 2.75) is 25.8 Å². The Labute approximate surface area is 121 Å². The number of nitrogens with two attached hydrogens (primary N) is 1. The van der Waals surface area contributed by atoms with E-state index >= 15 is 0 Å². The van der Waals surface area contributed by atoms with Crippen LogP contribution in [0.5, 0.6) is 0 Å². The summed E-state index contributed by atoms with van der Waals surface area (Å²) < 4.78 is 0. The zero-order valence-electron chi connectivity index (χ0n) is 11.9. The number of aryl methyl sites for hydroxylation is 1. The van der Waals surface area contributed by atoms with Crippen LogP contribution in [0.3, 0.4) is 0 Å². The van der Waals surface area contributed by atoms with Gasteiger partial charge in [0.25, 0.3) is 0 Å². The second-order valence-electron chi connectivity index (χ2n) is 5.51. The molecule has 2 heteroatoms. The molecule has 0 spiro atoms. The molecular weight excluding hydrogens is 244 g/mol. The van der Waals surface area contributed by atoms with Gasteiger partial charge in [0.05, 0.1) is 0 Å². The van der Waals surface area contributed by atoms with Crippen LogP contribution in [0.15, 0.2) is 48.5 Å². The summed E-state index contributed by atoms with van der Waals surface area (Å²) in [5.41, 5.74) is 11.3. The molecule has 2 aromatic rings. The Bertz CT molecular complexity index is 563. The second-order valence-corrected chi connectivity index (χ2v) is 5.51. The van der Waals surface area contributed by atoms with Crippen LogP contribution in [0.4, 0.5) is 5.69 Å². The van der Waals surface area contributed by atoms with Crippen molar-refractivity contribution in [2.24, 2.45) is 5.73 Å². The van der Waals surface area contributed by atoms with Gasteiger partial charge in [-0.15, -0.1) is 0 Å². The molecular formula is C18H22N2. The van der Waals surface area contributed by atoms with Crippen LogP contribution in [-0.2, 0) is 19.4 Å². The molecule has 0 bridgehead atoms. The van der Waals surface area contributed by atoms with Crippen molar-refractivity contribution in [3.63, 3.8) is 0 Å². The van der Waals surface area contributed by atoms with Crippen LogP contribution in [0.1, 0.15) is 23.1 Å². The third kappa shape index (κ3) is 2.86. The molecule has 2 nitrogen and oxygen atoms in total. The average molecular weight is 266 g/mol. The van der Waals surface area contributed by atoms with Crippen LogP contribution in [-0.4, -0.2) is 13.1 Å².